The Hall–Kier alpha value is -1.89. The summed E-state index contributed by atoms with van der Waals surface area (Å²) in [5, 5.41) is 1.57. The second kappa shape index (κ2) is 8.00. The summed E-state index contributed by atoms with van der Waals surface area (Å²) < 4.78 is 1.19. The number of thiazole rings is 1. The summed E-state index contributed by atoms with van der Waals surface area (Å²) >= 11 is 3.56. The molecule has 2 heterocycles. The largest absolute Gasteiger partial charge is 0.310 e. The van der Waals surface area contributed by atoms with Crippen molar-refractivity contribution in [2.24, 2.45) is 0 Å². The van der Waals surface area contributed by atoms with Gasteiger partial charge in [-0.2, -0.15) is 0 Å². The zero-order chi connectivity index (χ0) is 18.8. The maximum atomic E-state index is 13.1. The Morgan fingerprint density at radius 2 is 2.00 bits per heavy atom. The second-order valence-electron chi connectivity index (χ2n) is 6.98. The number of fused-ring (bicyclic) bond motifs is 2. The summed E-state index contributed by atoms with van der Waals surface area (Å²) in [6, 6.07) is 16.4. The number of hydrogen-bond acceptors (Lipinski definition) is 5. The maximum absolute atomic E-state index is 13.1. The smallest absolute Gasteiger partial charge is 0.241 e. The van der Waals surface area contributed by atoms with Crippen molar-refractivity contribution in [3.8, 4) is 0 Å². The number of para-hydroxylation sites is 2. The van der Waals surface area contributed by atoms with Gasteiger partial charge < -0.3 is 4.90 Å². The van der Waals surface area contributed by atoms with Gasteiger partial charge in [0.15, 0.2) is 0 Å². The van der Waals surface area contributed by atoms with Crippen LogP contribution in [0.25, 0.3) is 10.2 Å². The number of benzene rings is 2. The summed E-state index contributed by atoms with van der Waals surface area (Å²) in [6.45, 7) is 4.09. The highest BCUT2D eigenvalue weighted by Crippen LogP contribution is 2.37. The van der Waals surface area contributed by atoms with Crippen LogP contribution in [0.4, 0.5) is 5.69 Å². The molecule has 1 amide bonds. The Balaban J connectivity index is 1.46. The predicted octanol–water partition coefficient (Wildman–Crippen LogP) is 4.65. The van der Waals surface area contributed by atoms with Crippen LogP contribution in [0.3, 0.4) is 0 Å². The lowest BCUT2D eigenvalue weighted by Crippen LogP contribution is -2.39. The second-order valence-corrected chi connectivity index (χ2v) is 9.57. The van der Waals surface area contributed by atoms with Crippen molar-refractivity contribution < 1.29 is 4.79 Å². The molecule has 2 aromatic carbocycles. The van der Waals surface area contributed by atoms with E-state index >= 15 is 0 Å². The van der Waals surface area contributed by atoms with E-state index < -0.39 is 0 Å². The van der Waals surface area contributed by atoms with Gasteiger partial charge in [0.05, 0.1) is 29.0 Å². The quantitative estimate of drug-likeness (QED) is 0.642. The monoisotopic (exact) mass is 397 g/mol. The van der Waals surface area contributed by atoms with Crippen molar-refractivity contribution >= 4 is 44.9 Å². The van der Waals surface area contributed by atoms with Crippen LogP contribution in [-0.2, 0) is 11.3 Å². The highest BCUT2D eigenvalue weighted by Gasteiger charge is 2.24. The van der Waals surface area contributed by atoms with E-state index in [0.717, 1.165) is 29.2 Å². The Kier molecular flexibility index (Phi) is 5.48. The fourth-order valence-corrected chi connectivity index (χ4v) is 5.50. The number of thioether (sulfide) groups is 1. The van der Waals surface area contributed by atoms with E-state index in [0.29, 0.717) is 18.3 Å². The standard InChI is InChI=1S/C21H23N3OS2/c1-15-11-12-24(17-8-4-6-10-19(17)26-15)21(25)14-23(2)13-20-22-16-7-3-5-9-18(16)27-20/h3-10,15H,11-14H2,1-2H3/t15-/m0/s1. The van der Waals surface area contributed by atoms with Crippen molar-refractivity contribution in [2.75, 3.05) is 25.0 Å². The SMILES string of the molecule is C[C@H]1CCN(C(=O)CN(C)Cc2nc3ccccc3s2)c2ccccc2S1. The molecule has 6 heteroatoms. The van der Waals surface area contributed by atoms with Crippen molar-refractivity contribution in [2.45, 2.75) is 30.0 Å². The average molecular weight is 398 g/mol. The molecule has 1 atom stereocenters. The molecule has 0 spiro atoms. The van der Waals surface area contributed by atoms with E-state index in [1.54, 1.807) is 11.3 Å². The summed E-state index contributed by atoms with van der Waals surface area (Å²) in [5.74, 6) is 0.153. The minimum atomic E-state index is 0.153. The van der Waals surface area contributed by atoms with Crippen LogP contribution >= 0.6 is 23.1 Å². The molecule has 0 saturated heterocycles. The first-order valence-corrected chi connectivity index (χ1v) is 10.9. The molecule has 1 aliphatic heterocycles. The van der Waals surface area contributed by atoms with E-state index in [1.807, 2.05) is 54.0 Å². The molecular weight excluding hydrogens is 374 g/mol. The number of carbonyl (C=O) groups excluding carboxylic acids is 1. The minimum Gasteiger partial charge on any atom is -0.310 e. The number of aromatic nitrogens is 1. The lowest BCUT2D eigenvalue weighted by molar-refractivity contribution is -0.119. The van der Waals surface area contributed by atoms with Gasteiger partial charge in [0.2, 0.25) is 5.91 Å². The van der Waals surface area contributed by atoms with Crippen LogP contribution in [0, 0.1) is 0 Å². The van der Waals surface area contributed by atoms with Gasteiger partial charge in [-0.25, -0.2) is 4.98 Å². The van der Waals surface area contributed by atoms with Crippen molar-refractivity contribution in [3.63, 3.8) is 0 Å². The third kappa shape index (κ3) is 4.18. The molecule has 0 bridgehead atoms. The predicted molar refractivity (Wildman–Crippen MR) is 115 cm³/mol. The molecule has 0 saturated carbocycles. The Morgan fingerprint density at radius 1 is 1.22 bits per heavy atom. The number of rotatable bonds is 4. The summed E-state index contributed by atoms with van der Waals surface area (Å²) in [5.41, 5.74) is 2.08. The fourth-order valence-electron chi connectivity index (χ4n) is 3.34. The number of amides is 1. The average Bonchev–Trinajstić information content (AvgIpc) is 2.96. The first-order chi connectivity index (χ1) is 13.1. The first-order valence-electron chi connectivity index (χ1n) is 9.19. The molecule has 140 valence electrons. The van der Waals surface area contributed by atoms with Gasteiger partial charge in [-0.05, 0) is 37.7 Å². The fraction of sp³-hybridized carbons (Fsp3) is 0.333. The minimum absolute atomic E-state index is 0.153. The van der Waals surface area contributed by atoms with E-state index in [9.17, 15) is 4.79 Å². The molecule has 0 fully saturated rings. The summed E-state index contributed by atoms with van der Waals surface area (Å²) in [6.07, 6.45) is 1.01. The summed E-state index contributed by atoms with van der Waals surface area (Å²) in [7, 11) is 1.99. The Labute approximate surface area is 168 Å². The van der Waals surface area contributed by atoms with Crippen LogP contribution < -0.4 is 4.90 Å². The topological polar surface area (TPSA) is 36.4 Å². The third-order valence-electron chi connectivity index (χ3n) is 4.69. The van der Waals surface area contributed by atoms with Gasteiger partial charge >= 0.3 is 0 Å². The zero-order valence-corrected chi connectivity index (χ0v) is 17.2. The molecular formula is C21H23N3OS2. The lowest BCUT2D eigenvalue weighted by Gasteiger charge is -2.25. The Morgan fingerprint density at radius 3 is 2.85 bits per heavy atom. The van der Waals surface area contributed by atoms with Gasteiger partial charge in [-0.3, -0.25) is 9.69 Å². The molecule has 1 aromatic heterocycles. The maximum Gasteiger partial charge on any atom is 0.241 e. The van der Waals surface area contributed by atoms with Crippen LogP contribution in [0.5, 0.6) is 0 Å². The van der Waals surface area contributed by atoms with E-state index in [-0.39, 0.29) is 5.91 Å². The van der Waals surface area contributed by atoms with Crippen LogP contribution in [0.1, 0.15) is 18.4 Å². The molecule has 1 aliphatic rings. The van der Waals surface area contributed by atoms with Gasteiger partial charge in [0.25, 0.3) is 0 Å². The highest BCUT2D eigenvalue weighted by atomic mass is 32.2. The van der Waals surface area contributed by atoms with Crippen molar-refractivity contribution in [3.05, 3.63) is 53.5 Å². The number of hydrogen-bond donors (Lipinski definition) is 0. The molecule has 4 nitrogen and oxygen atoms in total. The zero-order valence-electron chi connectivity index (χ0n) is 15.6. The number of likely N-dealkylation sites (N-methyl/N-ethyl adjacent to an activating group) is 1. The number of anilines is 1. The molecule has 0 N–H and O–H groups in total. The van der Waals surface area contributed by atoms with Gasteiger partial charge in [0.1, 0.15) is 5.01 Å². The molecule has 4 rings (SSSR count). The first kappa shape index (κ1) is 18.5. The highest BCUT2D eigenvalue weighted by molar-refractivity contribution is 8.00. The normalized spacial score (nSPS) is 17.1. The van der Waals surface area contributed by atoms with E-state index in [2.05, 4.69) is 35.0 Å². The lowest BCUT2D eigenvalue weighted by atomic mass is 10.2. The van der Waals surface area contributed by atoms with Crippen LogP contribution in [0.2, 0.25) is 0 Å². The van der Waals surface area contributed by atoms with Gasteiger partial charge in [-0.1, -0.05) is 31.2 Å². The number of carbonyl (C=O) groups is 1. The molecule has 0 radical (unpaired) electrons. The van der Waals surface area contributed by atoms with Crippen LogP contribution in [0.15, 0.2) is 53.4 Å². The van der Waals surface area contributed by atoms with Gasteiger partial charge in [0, 0.05) is 16.7 Å². The van der Waals surface area contributed by atoms with E-state index in [4.69, 9.17) is 0 Å². The van der Waals surface area contributed by atoms with Crippen molar-refractivity contribution in [1.82, 2.24) is 9.88 Å². The molecule has 0 unspecified atom stereocenters. The number of nitrogens with zero attached hydrogens (tertiary/aromatic N) is 3. The van der Waals surface area contributed by atoms with E-state index in [1.165, 1.54) is 9.60 Å². The third-order valence-corrected chi connectivity index (χ3v) is 6.95. The molecule has 3 aromatic rings. The Bertz CT molecular complexity index is 922. The van der Waals surface area contributed by atoms with Gasteiger partial charge in [-0.15, -0.1) is 23.1 Å². The molecule has 27 heavy (non-hydrogen) atoms. The summed E-state index contributed by atoms with van der Waals surface area (Å²) in [4.78, 5) is 23.0. The van der Waals surface area contributed by atoms with Crippen molar-refractivity contribution in [1.29, 1.82) is 0 Å². The van der Waals surface area contributed by atoms with Crippen LogP contribution in [-0.4, -0.2) is 41.2 Å². The molecule has 0 aliphatic carbocycles.